The number of aliphatic hydroxyl groups excluding tert-OH is 1. The van der Waals surface area contributed by atoms with Gasteiger partial charge in [0.2, 0.25) is 0 Å². The maximum Gasteiger partial charge on any atom is 0.144 e. The molecule has 21 heavy (non-hydrogen) atoms. The van der Waals surface area contributed by atoms with Crippen molar-refractivity contribution in [3.8, 4) is 11.4 Å². The SMILES string of the molecule is COc1ccc(C)cc1-n1nnc(CO)c1C1CCCO1. The first-order chi connectivity index (χ1) is 10.2. The third-order valence-electron chi connectivity index (χ3n) is 3.73. The number of rotatable bonds is 4. The van der Waals surface area contributed by atoms with Gasteiger partial charge in [-0.3, -0.25) is 0 Å². The third-order valence-corrected chi connectivity index (χ3v) is 3.73. The second-order valence-electron chi connectivity index (χ2n) is 5.17. The topological polar surface area (TPSA) is 69.4 Å². The van der Waals surface area contributed by atoms with E-state index in [0.717, 1.165) is 36.4 Å². The molecule has 0 amide bonds. The molecular formula is C15H19N3O3. The largest absolute Gasteiger partial charge is 0.494 e. The Kier molecular flexibility index (Phi) is 3.90. The number of methoxy groups -OCH3 is 1. The summed E-state index contributed by atoms with van der Waals surface area (Å²) in [6.07, 6.45) is 1.84. The van der Waals surface area contributed by atoms with Gasteiger partial charge in [-0.25, -0.2) is 4.68 Å². The molecule has 0 aliphatic carbocycles. The Morgan fingerprint density at radius 2 is 2.33 bits per heavy atom. The van der Waals surface area contributed by atoms with E-state index in [1.54, 1.807) is 11.8 Å². The van der Waals surface area contributed by atoms with E-state index in [2.05, 4.69) is 10.3 Å². The molecule has 1 aliphatic rings. The van der Waals surface area contributed by atoms with Crippen LogP contribution in [0, 0.1) is 6.92 Å². The lowest BCUT2D eigenvalue weighted by Gasteiger charge is -2.15. The quantitative estimate of drug-likeness (QED) is 0.931. The van der Waals surface area contributed by atoms with Gasteiger partial charge in [0.1, 0.15) is 23.2 Å². The van der Waals surface area contributed by atoms with Gasteiger partial charge in [0.25, 0.3) is 0 Å². The molecule has 3 rings (SSSR count). The fourth-order valence-corrected chi connectivity index (χ4v) is 2.69. The van der Waals surface area contributed by atoms with Crippen LogP contribution in [0.2, 0.25) is 0 Å². The Labute approximate surface area is 123 Å². The second kappa shape index (κ2) is 5.83. The summed E-state index contributed by atoms with van der Waals surface area (Å²) in [6.45, 7) is 2.59. The Morgan fingerprint density at radius 1 is 1.48 bits per heavy atom. The Balaban J connectivity index is 2.14. The summed E-state index contributed by atoms with van der Waals surface area (Å²) in [6, 6.07) is 5.88. The lowest BCUT2D eigenvalue weighted by molar-refractivity contribution is 0.104. The van der Waals surface area contributed by atoms with Gasteiger partial charge in [-0.15, -0.1) is 5.10 Å². The number of hydrogen-bond acceptors (Lipinski definition) is 5. The van der Waals surface area contributed by atoms with E-state index in [0.29, 0.717) is 11.4 Å². The zero-order chi connectivity index (χ0) is 14.8. The Morgan fingerprint density at radius 3 is 3.00 bits per heavy atom. The summed E-state index contributed by atoms with van der Waals surface area (Å²) in [4.78, 5) is 0. The highest BCUT2D eigenvalue weighted by molar-refractivity contribution is 5.49. The van der Waals surface area contributed by atoms with Gasteiger partial charge in [-0.2, -0.15) is 0 Å². The molecule has 6 nitrogen and oxygen atoms in total. The van der Waals surface area contributed by atoms with E-state index in [4.69, 9.17) is 9.47 Å². The summed E-state index contributed by atoms with van der Waals surface area (Å²) in [5, 5.41) is 17.8. The van der Waals surface area contributed by atoms with Crippen LogP contribution in [-0.4, -0.2) is 33.8 Å². The number of nitrogens with zero attached hydrogens (tertiary/aromatic N) is 3. The van der Waals surface area contributed by atoms with Gasteiger partial charge in [-0.1, -0.05) is 11.3 Å². The van der Waals surface area contributed by atoms with Crippen molar-refractivity contribution in [2.45, 2.75) is 32.5 Å². The van der Waals surface area contributed by atoms with Crippen molar-refractivity contribution < 1.29 is 14.6 Å². The van der Waals surface area contributed by atoms with Gasteiger partial charge < -0.3 is 14.6 Å². The number of aromatic nitrogens is 3. The molecule has 1 aromatic heterocycles. The van der Waals surface area contributed by atoms with Gasteiger partial charge in [0, 0.05) is 6.61 Å². The van der Waals surface area contributed by atoms with Gasteiger partial charge in [0.05, 0.1) is 19.4 Å². The van der Waals surface area contributed by atoms with Crippen molar-refractivity contribution in [1.29, 1.82) is 0 Å². The Bertz CT molecular complexity index is 633. The van der Waals surface area contributed by atoms with Crippen LogP contribution in [0.15, 0.2) is 18.2 Å². The maximum atomic E-state index is 9.52. The molecule has 1 N–H and O–H groups in total. The lowest BCUT2D eigenvalue weighted by atomic mass is 10.1. The van der Waals surface area contributed by atoms with E-state index in [1.807, 2.05) is 25.1 Å². The molecule has 1 unspecified atom stereocenters. The monoisotopic (exact) mass is 289 g/mol. The van der Waals surface area contributed by atoms with Gasteiger partial charge >= 0.3 is 0 Å². The van der Waals surface area contributed by atoms with Crippen LogP contribution >= 0.6 is 0 Å². The average molecular weight is 289 g/mol. The minimum atomic E-state index is -0.149. The van der Waals surface area contributed by atoms with Crippen molar-refractivity contribution in [1.82, 2.24) is 15.0 Å². The maximum absolute atomic E-state index is 9.52. The molecule has 6 heteroatoms. The first kappa shape index (κ1) is 14.0. The smallest absolute Gasteiger partial charge is 0.144 e. The number of aryl methyl sites for hydroxylation is 1. The highest BCUT2D eigenvalue weighted by Gasteiger charge is 2.27. The molecular weight excluding hydrogens is 270 g/mol. The summed E-state index contributed by atoms with van der Waals surface area (Å²) in [5.74, 6) is 0.717. The number of ether oxygens (including phenoxy) is 2. The zero-order valence-electron chi connectivity index (χ0n) is 12.2. The third kappa shape index (κ3) is 2.52. The van der Waals surface area contributed by atoms with Crippen LogP contribution < -0.4 is 4.74 Å². The van der Waals surface area contributed by atoms with Crippen molar-refractivity contribution in [2.75, 3.05) is 13.7 Å². The highest BCUT2D eigenvalue weighted by Crippen LogP contribution is 2.34. The molecule has 2 heterocycles. The van der Waals surface area contributed by atoms with Gasteiger partial charge in [0.15, 0.2) is 0 Å². The molecule has 1 fully saturated rings. The molecule has 0 saturated carbocycles. The number of aliphatic hydroxyl groups is 1. The summed E-state index contributed by atoms with van der Waals surface area (Å²) >= 11 is 0. The molecule has 1 saturated heterocycles. The first-order valence-electron chi connectivity index (χ1n) is 7.06. The van der Waals surface area contributed by atoms with E-state index in [9.17, 15) is 5.11 Å². The van der Waals surface area contributed by atoms with E-state index in [1.165, 1.54) is 0 Å². The number of hydrogen-bond donors (Lipinski definition) is 1. The highest BCUT2D eigenvalue weighted by atomic mass is 16.5. The zero-order valence-corrected chi connectivity index (χ0v) is 12.2. The van der Waals surface area contributed by atoms with Crippen molar-refractivity contribution in [3.63, 3.8) is 0 Å². The first-order valence-corrected chi connectivity index (χ1v) is 7.06. The predicted octanol–water partition coefficient (Wildman–Crippen LogP) is 1.93. The molecule has 2 aromatic rings. The molecule has 1 aromatic carbocycles. The normalized spacial score (nSPS) is 18.1. The van der Waals surface area contributed by atoms with E-state index in [-0.39, 0.29) is 12.7 Å². The molecule has 0 bridgehead atoms. The van der Waals surface area contributed by atoms with Crippen LogP contribution in [0.3, 0.4) is 0 Å². The Hall–Kier alpha value is -1.92. The van der Waals surface area contributed by atoms with Crippen molar-refractivity contribution in [3.05, 3.63) is 35.2 Å². The van der Waals surface area contributed by atoms with Crippen LogP contribution in [-0.2, 0) is 11.3 Å². The molecule has 1 atom stereocenters. The number of benzene rings is 1. The van der Waals surface area contributed by atoms with Gasteiger partial charge in [-0.05, 0) is 37.5 Å². The molecule has 1 aliphatic heterocycles. The minimum absolute atomic E-state index is 0.0765. The second-order valence-corrected chi connectivity index (χ2v) is 5.17. The standard InChI is InChI=1S/C15H19N3O3/c1-10-5-6-13(20-2)12(8-10)18-15(11(9-19)16-17-18)14-4-3-7-21-14/h5-6,8,14,19H,3-4,7,9H2,1-2H3. The minimum Gasteiger partial charge on any atom is -0.494 e. The summed E-state index contributed by atoms with van der Waals surface area (Å²) < 4.78 is 12.9. The molecule has 0 radical (unpaired) electrons. The van der Waals surface area contributed by atoms with Crippen molar-refractivity contribution in [2.24, 2.45) is 0 Å². The van der Waals surface area contributed by atoms with Crippen LogP contribution in [0.5, 0.6) is 5.75 Å². The van der Waals surface area contributed by atoms with Crippen molar-refractivity contribution >= 4 is 0 Å². The average Bonchev–Trinajstić information content (AvgIpc) is 3.15. The van der Waals surface area contributed by atoms with Crippen LogP contribution in [0.4, 0.5) is 0 Å². The predicted molar refractivity (Wildman–Crippen MR) is 76.5 cm³/mol. The lowest BCUT2D eigenvalue weighted by Crippen LogP contribution is -2.10. The molecule has 0 spiro atoms. The fraction of sp³-hybridized carbons (Fsp3) is 0.467. The summed E-state index contributed by atoms with van der Waals surface area (Å²) in [5.41, 5.74) is 3.30. The van der Waals surface area contributed by atoms with Crippen LogP contribution in [0.25, 0.3) is 5.69 Å². The molecule has 112 valence electrons. The van der Waals surface area contributed by atoms with E-state index >= 15 is 0 Å². The van der Waals surface area contributed by atoms with E-state index < -0.39 is 0 Å². The van der Waals surface area contributed by atoms with Crippen LogP contribution in [0.1, 0.15) is 35.9 Å². The summed E-state index contributed by atoms with van der Waals surface area (Å²) in [7, 11) is 1.63. The fourth-order valence-electron chi connectivity index (χ4n) is 2.69.